The number of morpholine rings is 1. The molecular formula is C34H31N3O10. The highest BCUT2D eigenvalue weighted by Gasteiger charge is 2.52. The maximum atomic E-state index is 13.4. The van der Waals surface area contributed by atoms with Gasteiger partial charge in [-0.2, -0.15) is 0 Å². The van der Waals surface area contributed by atoms with Gasteiger partial charge in [0, 0.05) is 19.3 Å². The molecule has 0 aliphatic carbocycles. The van der Waals surface area contributed by atoms with E-state index in [1.807, 2.05) is 0 Å². The van der Waals surface area contributed by atoms with E-state index in [4.69, 9.17) is 23.7 Å². The summed E-state index contributed by atoms with van der Waals surface area (Å²) in [5.41, 5.74) is -0.626. The third-order valence-corrected chi connectivity index (χ3v) is 7.75. The van der Waals surface area contributed by atoms with Crippen LogP contribution in [-0.2, 0) is 23.7 Å². The minimum absolute atomic E-state index is 0.168. The summed E-state index contributed by atoms with van der Waals surface area (Å²) in [4.78, 5) is 69.9. The first-order valence-corrected chi connectivity index (χ1v) is 15.0. The second-order valence-corrected chi connectivity index (χ2v) is 10.8. The Balaban J connectivity index is 1.39. The van der Waals surface area contributed by atoms with Crippen molar-refractivity contribution in [2.24, 2.45) is 0 Å². The number of nitrogens with zero attached hydrogens (tertiary/aromatic N) is 2. The average molecular weight is 642 g/mol. The Bertz CT molecular complexity index is 1820. The fourth-order valence-electron chi connectivity index (χ4n) is 5.37. The molecule has 2 fully saturated rings. The molecule has 242 valence electrons. The van der Waals surface area contributed by atoms with Crippen LogP contribution in [0.2, 0.25) is 0 Å². The van der Waals surface area contributed by atoms with Crippen molar-refractivity contribution in [1.29, 1.82) is 0 Å². The fraction of sp³-hybridized carbons (Fsp3) is 0.265. The molecule has 6 rings (SSSR count). The SMILES string of the molecule is O=C(OC[C@H]1O[C@@H](n2cc(N3CCOCC3)c(=O)[nH]c2=O)[C@H](OC(=O)c2ccccc2)[C@@H]1OC(=O)c1ccccc1)c1ccccc1. The summed E-state index contributed by atoms with van der Waals surface area (Å²) in [6, 6.07) is 24.5. The van der Waals surface area contributed by atoms with Crippen LogP contribution >= 0.6 is 0 Å². The topological polar surface area (TPSA) is 155 Å². The Morgan fingerprint density at radius 2 is 1.23 bits per heavy atom. The molecule has 13 nitrogen and oxygen atoms in total. The normalized spacial score (nSPS) is 20.7. The van der Waals surface area contributed by atoms with Crippen LogP contribution in [0.25, 0.3) is 0 Å². The van der Waals surface area contributed by atoms with E-state index in [1.165, 1.54) is 6.20 Å². The van der Waals surface area contributed by atoms with Crippen LogP contribution in [0.5, 0.6) is 0 Å². The number of hydrogen-bond acceptors (Lipinski definition) is 11. The fourth-order valence-corrected chi connectivity index (χ4v) is 5.37. The molecule has 0 amide bonds. The Morgan fingerprint density at radius 1 is 0.723 bits per heavy atom. The molecule has 0 spiro atoms. The molecule has 1 N–H and O–H groups in total. The van der Waals surface area contributed by atoms with Gasteiger partial charge in [0.1, 0.15) is 18.4 Å². The Labute approximate surface area is 268 Å². The molecule has 2 saturated heterocycles. The smallest absolute Gasteiger partial charge is 0.338 e. The number of esters is 3. The summed E-state index contributed by atoms with van der Waals surface area (Å²) in [5.74, 6) is -2.21. The summed E-state index contributed by atoms with van der Waals surface area (Å²) in [5, 5.41) is 0. The molecule has 47 heavy (non-hydrogen) atoms. The first kappa shape index (κ1) is 31.5. The van der Waals surface area contributed by atoms with Gasteiger partial charge >= 0.3 is 23.6 Å². The molecule has 0 radical (unpaired) electrons. The highest BCUT2D eigenvalue weighted by molar-refractivity contribution is 5.91. The first-order valence-electron chi connectivity index (χ1n) is 15.0. The van der Waals surface area contributed by atoms with Crippen LogP contribution < -0.4 is 16.1 Å². The molecule has 0 saturated carbocycles. The van der Waals surface area contributed by atoms with Crippen molar-refractivity contribution in [3.8, 4) is 0 Å². The second kappa shape index (κ2) is 14.3. The van der Waals surface area contributed by atoms with Crippen molar-refractivity contribution in [2.45, 2.75) is 24.5 Å². The quantitative estimate of drug-likeness (QED) is 0.212. The van der Waals surface area contributed by atoms with E-state index in [1.54, 1.807) is 95.9 Å². The van der Waals surface area contributed by atoms with E-state index in [2.05, 4.69) is 4.98 Å². The number of aromatic amines is 1. The molecule has 2 aliphatic rings. The molecular weight excluding hydrogens is 610 g/mol. The number of anilines is 1. The summed E-state index contributed by atoms with van der Waals surface area (Å²) in [6.45, 7) is 1.12. The highest BCUT2D eigenvalue weighted by Crippen LogP contribution is 2.35. The van der Waals surface area contributed by atoms with Crippen LogP contribution in [0, 0.1) is 0 Å². The standard InChI is InChI=1S/C34H31N3O10/c38-29-25(36-16-18-43-19-17-36)20-37(34(42)35-29)30-28(47-33(41)24-14-8-3-9-15-24)27(46-32(40)23-12-6-2-7-13-23)26(45-30)21-44-31(39)22-10-4-1-5-11-22/h1-15,20,26-28,30H,16-19,21H2,(H,35,38,42)/t26-,27-,28-,30-/m1/s1. The minimum atomic E-state index is -1.42. The van der Waals surface area contributed by atoms with Crippen molar-refractivity contribution >= 4 is 23.6 Å². The Kier molecular flexibility index (Phi) is 9.55. The summed E-state index contributed by atoms with van der Waals surface area (Å²) >= 11 is 0. The van der Waals surface area contributed by atoms with Gasteiger partial charge in [0.2, 0.25) is 0 Å². The zero-order valence-corrected chi connectivity index (χ0v) is 25.1. The monoisotopic (exact) mass is 641 g/mol. The van der Waals surface area contributed by atoms with Gasteiger partial charge in [0.05, 0.1) is 29.9 Å². The number of carbonyl (C=O) groups excluding carboxylic acids is 3. The van der Waals surface area contributed by atoms with E-state index in [9.17, 15) is 24.0 Å². The summed E-state index contributed by atoms with van der Waals surface area (Å²) < 4.78 is 30.2. The number of aromatic nitrogens is 2. The van der Waals surface area contributed by atoms with Crippen LogP contribution in [0.3, 0.4) is 0 Å². The van der Waals surface area contributed by atoms with Crippen molar-refractivity contribution in [3.05, 3.63) is 135 Å². The predicted molar refractivity (Wildman–Crippen MR) is 166 cm³/mol. The van der Waals surface area contributed by atoms with Crippen LogP contribution in [0.1, 0.15) is 37.3 Å². The number of H-pyrrole nitrogens is 1. The van der Waals surface area contributed by atoms with Gasteiger partial charge in [-0.3, -0.25) is 14.3 Å². The zero-order valence-electron chi connectivity index (χ0n) is 25.1. The number of nitrogens with one attached hydrogen (secondary N) is 1. The van der Waals surface area contributed by atoms with E-state index in [0.717, 1.165) is 4.57 Å². The first-order chi connectivity index (χ1) is 22.9. The second-order valence-electron chi connectivity index (χ2n) is 10.8. The largest absolute Gasteiger partial charge is 0.459 e. The van der Waals surface area contributed by atoms with Gasteiger partial charge in [0.25, 0.3) is 5.56 Å². The van der Waals surface area contributed by atoms with Gasteiger partial charge in [-0.05, 0) is 36.4 Å². The van der Waals surface area contributed by atoms with E-state index in [-0.39, 0.29) is 22.4 Å². The molecule has 0 bridgehead atoms. The molecule has 13 heteroatoms. The lowest BCUT2D eigenvalue weighted by Crippen LogP contribution is -2.45. The molecule has 0 unspecified atom stereocenters. The third-order valence-electron chi connectivity index (χ3n) is 7.75. The van der Waals surface area contributed by atoms with Crippen molar-refractivity contribution in [2.75, 3.05) is 37.8 Å². The van der Waals surface area contributed by atoms with Crippen LogP contribution in [0.15, 0.2) is 107 Å². The lowest BCUT2D eigenvalue weighted by molar-refractivity contribution is -0.0639. The third kappa shape index (κ3) is 7.16. The van der Waals surface area contributed by atoms with Gasteiger partial charge in [-0.1, -0.05) is 54.6 Å². The number of benzene rings is 3. The van der Waals surface area contributed by atoms with Crippen molar-refractivity contribution in [1.82, 2.24) is 9.55 Å². The van der Waals surface area contributed by atoms with E-state index in [0.29, 0.717) is 26.3 Å². The molecule has 4 aromatic rings. The van der Waals surface area contributed by atoms with Gasteiger partial charge < -0.3 is 28.6 Å². The zero-order chi connectivity index (χ0) is 32.8. The highest BCUT2D eigenvalue weighted by atomic mass is 16.7. The lowest BCUT2D eigenvalue weighted by Gasteiger charge is -2.29. The average Bonchev–Trinajstić information content (AvgIpc) is 3.44. The van der Waals surface area contributed by atoms with Gasteiger partial charge in [0.15, 0.2) is 18.4 Å². The maximum absolute atomic E-state index is 13.4. The van der Waals surface area contributed by atoms with Crippen LogP contribution in [0.4, 0.5) is 5.69 Å². The van der Waals surface area contributed by atoms with Gasteiger partial charge in [-0.25, -0.2) is 19.2 Å². The Morgan fingerprint density at radius 3 is 1.79 bits per heavy atom. The predicted octanol–water partition coefficient (Wildman–Crippen LogP) is 2.58. The number of rotatable bonds is 9. The van der Waals surface area contributed by atoms with Gasteiger partial charge in [-0.15, -0.1) is 0 Å². The van der Waals surface area contributed by atoms with Crippen molar-refractivity contribution in [3.63, 3.8) is 0 Å². The molecule has 4 atom stereocenters. The minimum Gasteiger partial charge on any atom is -0.459 e. The number of carbonyl (C=O) groups is 3. The molecule has 3 aromatic carbocycles. The molecule has 2 aliphatic heterocycles. The summed E-state index contributed by atoms with van der Waals surface area (Å²) in [7, 11) is 0. The summed E-state index contributed by atoms with van der Waals surface area (Å²) in [6.07, 6.45) is -4.05. The maximum Gasteiger partial charge on any atom is 0.338 e. The van der Waals surface area contributed by atoms with Crippen LogP contribution in [-0.4, -0.2) is 78.7 Å². The lowest BCUT2D eigenvalue weighted by atomic mass is 10.1. The van der Waals surface area contributed by atoms with Crippen molar-refractivity contribution < 1.29 is 38.1 Å². The molecule has 1 aromatic heterocycles. The number of hydrogen-bond donors (Lipinski definition) is 1. The number of ether oxygens (including phenoxy) is 5. The Hall–Kier alpha value is -5.53. The molecule has 3 heterocycles. The van der Waals surface area contributed by atoms with E-state index < -0.39 is 60.3 Å². The van der Waals surface area contributed by atoms with E-state index >= 15 is 0 Å².